The molecule has 2 N–H and O–H groups in total. The maximum absolute atomic E-state index is 9.09. The Bertz CT molecular complexity index is 214. The highest BCUT2D eigenvalue weighted by molar-refractivity contribution is 5.30. The zero-order chi connectivity index (χ0) is 8.11. The molecule has 11 heavy (non-hydrogen) atoms. The van der Waals surface area contributed by atoms with Gasteiger partial charge in [0.25, 0.3) is 0 Å². The lowest BCUT2D eigenvalue weighted by Gasteiger charge is -2.25. The summed E-state index contributed by atoms with van der Waals surface area (Å²) in [6, 6.07) is 0. The Morgan fingerprint density at radius 2 is 2.27 bits per heavy atom. The van der Waals surface area contributed by atoms with E-state index < -0.39 is 0 Å². The summed E-state index contributed by atoms with van der Waals surface area (Å²) < 4.78 is 0. The Morgan fingerprint density at radius 3 is 2.55 bits per heavy atom. The molecule has 2 bridgehead atoms. The fraction of sp³-hybridized carbons (Fsp3) is 0.778. The van der Waals surface area contributed by atoms with E-state index in [1.54, 1.807) is 0 Å². The van der Waals surface area contributed by atoms with Crippen LogP contribution in [0.4, 0.5) is 0 Å². The van der Waals surface area contributed by atoms with Crippen molar-refractivity contribution in [2.75, 3.05) is 6.61 Å². The van der Waals surface area contributed by atoms with E-state index in [2.05, 4.69) is 31.3 Å². The molecule has 0 saturated carbocycles. The van der Waals surface area contributed by atoms with Gasteiger partial charge in [0, 0.05) is 23.6 Å². The van der Waals surface area contributed by atoms with Crippen molar-refractivity contribution in [3.63, 3.8) is 0 Å². The summed E-state index contributed by atoms with van der Waals surface area (Å²) in [7, 11) is 0. The summed E-state index contributed by atoms with van der Waals surface area (Å²) in [5, 5.41) is 12.6. The number of hydrogen-bond acceptors (Lipinski definition) is 2. The van der Waals surface area contributed by atoms with Crippen molar-refractivity contribution in [3.8, 4) is 0 Å². The monoisotopic (exact) mass is 153 g/mol. The van der Waals surface area contributed by atoms with E-state index in [1.807, 2.05) is 0 Å². The standard InChI is InChI=1S/C9H15NO/c1-8-3-4-9(2,10-8)7(5-8)6-11/h3-4,7,10-11H,5-6H2,1-2H3. The molecule has 62 valence electrons. The van der Waals surface area contributed by atoms with Gasteiger partial charge in [-0.25, -0.2) is 0 Å². The van der Waals surface area contributed by atoms with Gasteiger partial charge in [-0.05, 0) is 20.3 Å². The minimum Gasteiger partial charge on any atom is -0.396 e. The first-order valence-corrected chi connectivity index (χ1v) is 4.19. The van der Waals surface area contributed by atoms with Crippen molar-refractivity contribution in [2.45, 2.75) is 31.3 Å². The lowest BCUT2D eigenvalue weighted by atomic mass is 9.81. The van der Waals surface area contributed by atoms with E-state index in [0.29, 0.717) is 12.5 Å². The fourth-order valence-electron chi connectivity index (χ4n) is 2.39. The van der Waals surface area contributed by atoms with Gasteiger partial charge in [-0.2, -0.15) is 0 Å². The molecule has 2 nitrogen and oxygen atoms in total. The molecule has 0 aromatic rings. The predicted octanol–water partition coefficient (Wildman–Crippen LogP) is 0.675. The van der Waals surface area contributed by atoms with E-state index >= 15 is 0 Å². The van der Waals surface area contributed by atoms with Gasteiger partial charge in [-0.15, -0.1) is 0 Å². The van der Waals surface area contributed by atoms with Crippen LogP contribution in [0.2, 0.25) is 0 Å². The Labute approximate surface area is 67.3 Å². The van der Waals surface area contributed by atoms with Crippen LogP contribution in [0, 0.1) is 5.92 Å². The summed E-state index contributed by atoms with van der Waals surface area (Å²) >= 11 is 0. The van der Waals surface area contributed by atoms with Gasteiger partial charge < -0.3 is 5.11 Å². The lowest BCUT2D eigenvalue weighted by molar-refractivity contribution is 0.192. The molecule has 1 fully saturated rings. The Hall–Kier alpha value is -0.340. The maximum atomic E-state index is 9.09. The smallest absolute Gasteiger partial charge is 0.0480 e. The fourth-order valence-corrected chi connectivity index (χ4v) is 2.39. The predicted molar refractivity (Wildman–Crippen MR) is 44.3 cm³/mol. The minimum absolute atomic E-state index is 0.0590. The third-order valence-corrected chi connectivity index (χ3v) is 3.09. The first kappa shape index (κ1) is 7.32. The highest BCUT2D eigenvalue weighted by atomic mass is 16.3. The summed E-state index contributed by atoms with van der Waals surface area (Å²) in [6.07, 6.45) is 5.48. The van der Waals surface area contributed by atoms with Crippen LogP contribution in [0.5, 0.6) is 0 Å². The van der Waals surface area contributed by atoms with Gasteiger partial charge in [-0.3, -0.25) is 5.32 Å². The van der Waals surface area contributed by atoms with Crippen LogP contribution in [-0.4, -0.2) is 22.8 Å². The summed E-state index contributed by atoms with van der Waals surface area (Å²) in [5.41, 5.74) is 0.214. The molecule has 2 heteroatoms. The van der Waals surface area contributed by atoms with Crippen molar-refractivity contribution in [3.05, 3.63) is 12.2 Å². The molecule has 0 aromatic heterocycles. The van der Waals surface area contributed by atoms with Crippen LogP contribution in [0.25, 0.3) is 0 Å². The number of aliphatic hydroxyl groups is 1. The highest BCUT2D eigenvalue weighted by Crippen LogP contribution is 2.42. The molecule has 0 amide bonds. The zero-order valence-corrected chi connectivity index (χ0v) is 7.09. The molecule has 2 heterocycles. The normalized spacial score (nSPS) is 53.9. The number of rotatable bonds is 1. The van der Waals surface area contributed by atoms with E-state index in [0.717, 1.165) is 6.42 Å². The molecule has 0 spiro atoms. The molecular weight excluding hydrogens is 138 g/mol. The molecule has 1 saturated heterocycles. The van der Waals surface area contributed by atoms with Gasteiger partial charge in [0.2, 0.25) is 0 Å². The molecule has 3 unspecified atom stereocenters. The zero-order valence-electron chi connectivity index (χ0n) is 7.09. The van der Waals surface area contributed by atoms with Gasteiger partial charge in [-0.1, -0.05) is 12.2 Å². The molecule has 0 radical (unpaired) electrons. The third-order valence-electron chi connectivity index (χ3n) is 3.09. The van der Waals surface area contributed by atoms with Gasteiger partial charge in [0.05, 0.1) is 0 Å². The van der Waals surface area contributed by atoms with Crippen LogP contribution in [-0.2, 0) is 0 Å². The number of fused-ring (bicyclic) bond motifs is 2. The van der Waals surface area contributed by atoms with Crippen LogP contribution < -0.4 is 5.32 Å². The SMILES string of the molecule is CC12C=CC(C)(N1)C(CO)C2. The molecule has 2 aliphatic heterocycles. The Morgan fingerprint density at radius 1 is 1.55 bits per heavy atom. The second kappa shape index (κ2) is 1.87. The van der Waals surface area contributed by atoms with Gasteiger partial charge >= 0.3 is 0 Å². The Kier molecular flexibility index (Phi) is 1.25. The topological polar surface area (TPSA) is 32.3 Å². The molecule has 3 atom stereocenters. The molecule has 2 rings (SSSR count). The quantitative estimate of drug-likeness (QED) is 0.543. The maximum Gasteiger partial charge on any atom is 0.0480 e. The number of nitrogens with one attached hydrogen (secondary N) is 1. The van der Waals surface area contributed by atoms with Crippen LogP contribution in [0.15, 0.2) is 12.2 Å². The van der Waals surface area contributed by atoms with Gasteiger partial charge in [0.1, 0.15) is 0 Å². The van der Waals surface area contributed by atoms with Crippen molar-refractivity contribution in [1.29, 1.82) is 0 Å². The second-order valence-corrected chi connectivity index (χ2v) is 4.24. The summed E-state index contributed by atoms with van der Waals surface area (Å²) in [4.78, 5) is 0. The van der Waals surface area contributed by atoms with E-state index in [9.17, 15) is 0 Å². The first-order valence-electron chi connectivity index (χ1n) is 4.19. The van der Waals surface area contributed by atoms with E-state index in [-0.39, 0.29) is 11.1 Å². The van der Waals surface area contributed by atoms with E-state index in [4.69, 9.17) is 5.11 Å². The van der Waals surface area contributed by atoms with Crippen molar-refractivity contribution < 1.29 is 5.11 Å². The van der Waals surface area contributed by atoms with Crippen LogP contribution in [0.3, 0.4) is 0 Å². The number of aliphatic hydroxyl groups excluding tert-OH is 1. The van der Waals surface area contributed by atoms with Gasteiger partial charge in [0.15, 0.2) is 0 Å². The highest BCUT2D eigenvalue weighted by Gasteiger charge is 2.50. The third kappa shape index (κ3) is 0.861. The molecule has 2 aliphatic rings. The summed E-state index contributed by atoms with van der Waals surface area (Å²) in [5.74, 6) is 0.400. The average molecular weight is 153 g/mol. The average Bonchev–Trinajstić information content (AvgIpc) is 2.36. The van der Waals surface area contributed by atoms with Crippen molar-refractivity contribution in [2.24, 2.45) is 5.92 Å². The molecule has 0 aliphatic carbocycles. The van der Waals surface area contributed by atoms with Crippen LogP contribution >= 0.6 is 0 Å². The van der Waals surface area contributed by atoms with E-state index in [1.165, 1.54) is 0 Å². The number of hydrogen-bond donors (Lipinski definition) is 2. The minimum atomic E-state index is 0.0590. The first-order chi connectivity index (χ1) is 5.08. The largest absolute Gasteiger partial charge is 0.396 e. The van der Waals surface area contributed by atoms with Crippen molar-refractivity contribution >= 4 is 0 Å². The second-order valence-electron chi connectivity index (χ2n) is 4.24. The van der Waals surface area contributed by atoms with Crippen molar-refractivity contribution in [1.82, 2.24) is 5.32 Å². The van der Waals surface area contributed by atoms with Crippen LogP contribution in [0.1, 0.15) is 20.3 Å². The summed E-state index contributed by atoms with van der Waals surface area (Å²) in [6.45, 7) is 4.64. The molecular formula is C9H15NO. The lowest BCUT2D eigenvalue weighted by Crippen LogP contribution is -2.42. The Balaban J connectivity index is 2.30. The molecule has 0 aromatic carbocycles.